The van der Waals surface area contributed by atoms with E-state index in [1.54, 1.807) is 18.2 Å². The molecule has 0 aromatic heterocycles. The van der Waals surface area contributed by atoms with E-state index in [4.69, 9.17) is 0 Å². The van der Waals surface area contributed by atoms with Crippen LogP contribution in [0.15, 0.2) is 52.3 Å². The van der Waals surface area contributed by atoms with Gasteiger partial charge in [-0.15, -0.1) is 0 Å². The summed E-state index contributed by atoms with van der Waals surface area (Å²) in [5.41, 5.74) is 2.16. The number of aryl methyl sites for hydroxylation is 1. The molecule has 3 rings (SSSR count). The van der Waals surface area contributed by atoms with Crippen LogP contribution in [0.25, 0.3) is 6.08 Å². The minimum atomic E-state index is -0.376. The Bertz CT molecular complexity index is 811. The van der Waals surface area contributed by atoms with Gasteiger partial charge in [-0.25, -0.2) is 0 Å². The third-order valence-corrected chi connectivity index (χ3v) is 4.66. The molecular formula is C17H13NO3S. The second-order valence-electron chi connectivity index (χ2n) is 4.93. The van der Waals surface area contributed by atoms with Crippen LogP contribution in [0.3, 0.4) is 0 Å². The van der Waals surface area contributed by atoms with Crippen LogP contribution < -0.4 is 0 Å². The molecule has 0 aliphatic carbocycles. The van der Waals surface area contributed by atoms with Crippen molar-refractivity contribution in [2.75, 3.05) is 0 Å². The van der Waals surface area contributed by atoms with Crippen LogP contribution in [0.1, 0.15) is 28.4 Å². The minimum Gasteiger partial charge on any atom is -0.288 e. The molecule has 0 amide bonds. The number of fused-ring (bicyclic) bond motifs is 1. The summed E-state index contributed by atoms with van der Waals surface area (Å²) >= 11 is 1.41. The summed E-state index contributed by atoms with van der Waals surface area (Å²) in [6.07, 6.45) is 2.33. The number of ketones is 1. The number of hydrogen-bond acceptors (Lipinski definition) is 4. The number of benzene rings is 2. The molecule has 0 unspecified atom stereocenters. The van der Waals surface area contributed by atoms with Crippen LogP contribution in [0.5, 0.6) is 0 Å². The number of thioether (sulfide) groups is 1. The van der Waals surface area contributed by atoms with Gasteiger partial charge in [0.2, 0.25) is 5.78 Å². The molecule has 22 heavy (non-hydrogen) atoms. The summed E-state index contributed by atoms with van der Waals surface area (Å²) in [6, 6.07) is 12.5. The highest BCUT2D eigenvalue weighted by Crippen LogP contribution is 2.40. The Balaban J connectivity index is 1.99. The fourth-order valence-electron chi connectivity index (χ4n) is 2.43. The molecule has 0 fully saturated rings. The van der Waals surface area contributed by atoms with Crippen molar-refractivity contribution in [2.45, 2.75) is 18.2 Å². The van der Waals surface area contributed by atoms with Crippen molar-refractivity contribution in [1.82, 2.24) is 0 Å². The maximum Gasteiger partial charge on any atom is 0.273 e. The first-order chi connectivity index (χ1) is 10.6. The first-order valence-corrected chi connectivity index (χ1v) is 7.72. The molecule has 1 aliphatic rings. The lowest BCUT2D eigenvalue weighted by Crippen LogP contribution is -1.96. The second-order valence-corrected chi connectivity index (χ2v) is 6.02. The van der Waals surface area contributed by atoms with E-state index in [9.17, 15) is 14.9 Å². The average Bonchev–Trinajstić information content (AvgIpc) is 2.84. The number of carbonyl (C=O) groups excluding carboxylic acids is 1. The standard InChI is InChI=1S/C17H13NO3S/c1-2-12-8-7-11(9-14(12)18(20)21)10-16-17(19)13-5-3-4-6-15(13)22-16/h3-10H,2H2,1H3/b16-10+. The SMILES string of the molecule is CCc1ccc(/C=C2/Sc3ccccc3C2=O)cc1[N+](=O)[O-]. The van der Waals surface area contributed by atoms with Crippen molar-refractivity contribution >= 4 is 29.3 Å². The van der Waals surface area contributed by atoms with Crippen LogP contribution in [-0.4, -0.2) is 10.7 Å². The fourth-order valence-corrected chi connectivity index (χ4v) is 3.48. The zero-order valence-electron chi connectivity index (χ0n) is 11.9. The summed E-state index contributed by atoms with van der Waals surface area (Å²) in [7, 11) is 0. The molecule has 0 bridgehead atoms. The van der Waals surface area contributed by atoms with Gasteiger partial charge in [0.15, 0.2) is 0 Å². The van der Waals surface area contributed by atoms with Crippen LogP contribution in [0, 0.1) is 10.1 Å². The Kier molecular flexibility index (Phi) is 3.81. The molecule has 0 radical (unpaired) electrons. The van der Waals surface area contributed by atoms with Crippen LogP contribution in [-0.2, 0) is 6.42 Å². The Hall–Kier alpha value is -2.40. The Morgan fingerprint density at radius 2 is 2.00 bits per heavy atom. The predicted octanol–water partition coefficient (Wildman–Crippen LogP) is 4.49. The zero-order valence-corrected chi connectivity index (χ0v) is 12.7. The van der Waals surface area contributed by atoms with E-state index in [1.165, 1.54) is 17.8 Å². The van der Waals surface area contributed by atoms with E-state index < -0.39 is 0 Å². The maximum atomic E-state index is 12.3. The molecule has 1 heterocycles. The number of rotatable bonds is 3. The third kappa shape index (κ3) is 2.55. The van der Waals surface area contributed by atoms with Gasteiger partial charge in [0.25, 0.3) is 5.69 Å². The zero-order chi connectivity index (χ0) is 15.7. The van der Waals surface area contributed by atoms with Gasteiger partial charge in [-0.2, -0.15) is 0 Å². The summed E-state index contributed by atoms with van der Waals surface area (Å²) in [5, 5.41) is 11.1. The summed E-state index contributed by atoms with van der Waals surface area (Å²) < 4.78 is 0. The van der Waals surface area contributed by atoms with E-state index in [2.05, 4.69) is 0 Å². The van der Waals surface area contributed by atoms with Gasteiger partial charge in [-0.3, -0.25) is 14.9 Å². The van der Waals surface area contributed by atoms with E-state index in [-0.39, 0.29) is 16.4 Å². The number of nitrogens with zero attached hydrogens (tertiary/aromatic N) is 1. The molecule has 0 saturated heterocycles. The first-order valence-electron chi connectivity index (χ1n) is 6.90. The van der Waals surface area contributed by atoms with Crippen LogP contribution in [0.4, 0.5) is 5.69 Å². The largest absolute Gasteiger partial charge is 0.288 e. The van der Waals surface area contributed by atoms with Gasteiger partial charge in [0.05, 0.1) is 9.83 Å². The molecule has 2 aromatic rings. The molecule has 4 nitrogen and oxygen atoms in total. The molecular weight excluding hydrogens is 298 g/mol. The summed E-state index contributed by atoms with van der Waals surface area (Å²) in [5.74, 6) is -0.0252. The Labute approximate surface area is 132 Å². The number of carbonyl (C=O) groups is 1. The Morgan fingerprint density at radius 3 is 2.68 bits per heavy atom. The van der Waals surface area contributed by atoms with Gasteiger partial charge >= 0.3 is 0 Å². The second kappa shape index (κ2) is 5.77. The molecule has 0 saturated carbocycles. The number of allylic oxidation sites excluding steroid dienone is 1. The fraction of sp³-hybridized carbons (Fsp3) is 0.118. The maximum absolute atomic E-state index is 12.3. The van der Waals surface area contributed by atoms with E-state index >= 15 is 0 Å². The predicted molar refractivity (Wildman–Crippen MR) is 87.1 cm³/mol. The molecule has 0 atom stereocenters. The molecule has 0 spiro atoms. The van der Waals surface area contributed by atoms with Crippen molar-refractivity contribution in [3.05, 3.63) is 74.2 Å². The minimum absolute atomic E-state index is 0.0252. The number of nitro groups is 1. The van der Waals surface area contributed by atoms with Crippen LogP contribution >= 0.6 is 11.8 Å². The van der Waals surface area contributed by atoms with Gasteiger partial charge < -0.3 is 0 Å². The average molecular weight is 311 g/mol. The normalized spacial score (nSPS) is 15.1. The van der Waals surface area contributed by atoms with Crippen molar-refractivity contribution in [3.63, 3.8) is 0 Å². The Morgan fingerprint density at radius 1 is 1.23 bits per heavy atom. The molecule has 0 N–H and O–H groups in total. The number of nitro benzene ring substituents is 1. The van der Waals surface area contributed by atoms with Gasteiger partial charge in [0, 0.05) is 22.1 Å². The lowest BCUT2D eigenvalue weighted by atomic mass is 10.1. The van der Waals surface area contributed by atoms with Crippen molar-refractivity contribution < 1.29 is 9.72 Å². The lowest BCUT2D eigenvalue weighted by molar-refractivity contribution is -0.385. The van der Waals surface area contributed by atoms with Crippen LogP contribution in [0.2, 0.25) is 0 Å². The first kappa shape index (κ1) is 14.5. The molecule has 1 aliphatic heterocycles. The van der Waals surface area contributed by atoms with Gasteiger partial charge in [0.1, 0.15) is 0 Å². The summed E-state index contributed by atoms with van der Waals surface area (Å²) in [6.45, 7) is 1.88. The number of hydrogen-bond donors (Lipinski definition) is 0. The van der Waals surface area contributed by atoms with Crippen molar-refractivity contribution in [1.29, 1.82) is 0 Å². The lowest BCUT2D eigenvalue weighted by Gasteiger charge is -2.02. The topological polar surface area (TPSA) is 60.2 Å². The van der Waals surface area contributed by atoms with E-state index in [0.717, 1.165) is 4.90 Å². The summed E-state index contributed by atoms with van der Waals surface area (Å²) in [4.78, 5) is 24.6. The molecule has 5 heteroatoms. The smallest absolute Gasteiger partial charge is 0.273 e. The molecule has 2 aromatic carbocycles. The van der Waals surface area contributed by atoms with E-state index in [0.29, 0.717) is 28.0 Å². The van der Waals surface area contributed by atoms with Crippen molar-refractivity contribution in [2.24, 2.45) is 0 Å². The monoisotopic (exact) mass is 311 g/mol. The number of Topliss-reactive ketones (excluding diaryl/α,β-unsaturated/α-hetero) is 1. The quantitative estimate of drug-likeness (QED) is 0.476. The highest BCUT2D eigenvalue weighted by Gasteiger charge is 2.25. The molecule has 110 valence electrons. The van der Waals surface area contributed by atoms with Crippen molar-refractivity contribution in [3.8, 4) is 0 Å². The third-order valence-electron chi connectivity index (χ3n) is 3.56. The van der Waals surface area contributed by atoms with Gasteiger partial charge in [-0.1, -0.05) is 43.0 Å². The van der Waals surface area contributed by atoms with E-state index in [1.807, 2.05) is 31.2 Å². The highest BCUT2D eigenvalue weighted by molar-refractivity contribution is 8.04. The van der Waals surface area contributed by atoms with Gasteiger partial charge in [-0.05, 0) is 30.2 Å². The highest BCUT2D eigenvalue weighted by atomic mass is 32.2.